The summed E-state index contributed by atoms with van der Waals surface area (Å²) in [4.78, 5) is 15.1. The summed E-state index contributed by atoms with van der Waals surface area (Å²) in [7, 11) is 1.27. The maximum absolute atomic E-state index is 13.0. The molecule has 0 spiro atoms. The monoisotopic (exact) mass is 226 g/mol. The van der Waals surface area contributed by atoms with Gasteiger partial charge in [-0.05, 0) is 11.6 Å². The minimum Gasteiger partial charge on any atom is -0.468 e. The second-order valence-corrected chi connectivity index (χ2v) is 4.11. The van der Waals surface area contributed by atoms with Crippen molar-refractivity contribution in [3.8, 4) is 0 Å². The van der Waals surface area contributed by atoms with Gasteiger partial charge in [0, 0.05) is 11.6 Å². The molecular formula is C11H15FN2O2. The van der Waals surface area contributed by atoms with E-state index in [4.69, 9.17) is 5.73 Å². The van der Waals surface area contributed by atoms with E-state index in [1.807, 2.05) is 0 Å². The molecule has 0 amide bonds. The van der Waals surface area contributed by atoms with Gasteiger partial charge in [0.1, 0.15) is 11.9 Å². The van der Waals surface area contributed by atoms with Crippen molar-refractivity contribution in [3.63, 3.8) is 0 Å². The van der Waals surface area contributed by atoms with E-state index in [0.717, 1.165) is 6.20 Å². The van der Waals surface area contributed by atoms with Crippen molar-refractivity contribution in [1.29, 1.82) is 0 Å². The molecule has 0 saturated heterocycles. The van der Waals surface area contributed by atoms with Crippen molar-refractivity contribution in [1.82, 2.24) is 4.98 Å². The van der Waals surface area contributed by atoms with Crippen LogP contribution in [0.1, 0.15) is 19.4 Å². The van der Waals surface area contributed by atoms with Crippen molar-refractivity contribution in [2.75, 3.05) is 7.11 Å². The molecule has 88 valence electrons. The average molecular weight is 226 g/mol. The predicted octanol–water partition coefficient (Wildman–Crippen LogP) is 0.999. The number of carbonyl (C=O) groups excluding carboxylic acids is 1. The van der Waals surface area contributed by atoms with Gasteiger partial charge in [-0.3, -0.25) is 9.78 Å². The lowest BCUT2D eigenvalue weighted by Gasteiger charge is -2.29. The molecule has 0 saturated carbocycles. The van der Waals surface area contributed by atoms with Gasteiger partial charge in [0.25, 0.3) is 0 Å². The van der Waals surface area contributed by atoms with Crippen LogP contribution in [0, 0.1) is 5.82 Å². The summed E-state index contributed by atoms with van der Waals surface area (Å²) in [6.45, 7) is 3.48. The van der Waals surface area contributed by atoms with Gasteiger partial charge < -0.3 is 10.5 Å². The first kappa shape index (κ1) is 12.6. The standard InChI is InChI=1S/C11H15FN2O2/c1-11(2,9(13)10(15)16-3)7-4-8(12)6-14-5-7/h4-6,9H,13H2,1-3H3. The molecule has 5 heteroatoms. The van der Waals surface area contributed by atoms with E-state index in [-0.39, 0.29) is 0 Å². The topological polar surface area (TPSA) is 65.2 Å². The zero-order valence-corrected chi connectivity index (χ0v) is 9.53. The van der Waals surface area contributed by atoms with E-state index >= 15 is 0 Å². The Morgan fingerprint density at radius 2 is 2.19 bits per heavy atom. The number of halogens is 1. The highest BCUT2D eigenvalue weighted by molar-refractivity contribution is 5.77. The number of rotatable bonds is 3. The Balaban J connectivity index is 3.05. The Kier molecular flexibility index (Phi) is 3.59. The normalized spacial score (nSPS) is 13.3. The maximum atomic E-state index is 13.0. The predicted molar refractivity (Wildman–Crippen MR) is 57.2 cm³/mol. The number of esters is 1. The third-order valence-corrected chi connectivity index (χ3v) is 2.68. The number of nitrogens with two attached hydrogens (primary N) is 1. The summed E-state index contributed by atoms with van der Waals surface area (Å²) in [6.07, 6.45) is 2.59. The van der Waals surface area contributed by atoms with Gasteiger partial charge in [0.05, 0.1) is 13.3 Å². The number of pyridine rings is 1. The average Bonchev–Trinajstić information content (AvgIpc) is 2.27. The van der Waals surface area contributed by atoms with Gasteiger partial charge in [-0.2, -0.15) is 0 Å². The van der Waals surface area contributed by atoms with Crippen LogP contribution in [0.15, 0.2) is 18.5 Å². The molecule has 0 radical (unpaired) electrons. The molecule has 2 N–H and O–H groups in total. The Morgan fingerprint density at radius 1 is 1.56 bits per heavy atom. The number of ether oxygens (including phenoxy) is 1. The zero-order chi connectivity index (χ0) is 12.3. The largest absolute Gasteiger partial charge is 0.468 e. The summed E-state index contributed by atoms with van der Waals surface area (Å²) in [6, 6.07) is 0.455. The highest BCUT2D eigenvalue weighted by atomic mass is 19.1. The second kappa shape index (κ2) is 4.57. The van der Waals surface area contributed by atoms with Gasteiger partial charge in [-0.1, -0.05) is 13.8 Å². The number of aromatic nitrogens is 1. The highest BCUT2D eigenvalue weighted by Crippen LogP contribution is 2.26. The summed E-state index contributed by atoms with van der Waals surface area (Å²) in [5.74, 6) is -0.989. The molecule has 1 aromatic rings. The van der Waals surface area contributed by atoms with Crippen LogP contribution in [0.25, 0.3) is 0 Å². The molecule has 0 aromatic carbocycles. The fourth-order valence-electron chi connectivity index (χ4n) is 1.37. The van der Waals surface area contributed by atoms with Crippen LogP contribution in [0.2, 0.25) is 0 Å². The van der Waals surface area contributed by atoms with E-state index in [1.165, 1.54) is 19.4 Å². The Morgan fingerprint density at radius 3 is 2.69 bits per heavy atom. The van der Waals surface area contributed by atoms with Crippen molar-refractivity contribution in [2.24, 2.45) is 5.73 Å². The van der Waals surface area contributed by atoms with E-state index in [9.17, 15) is 9.18 Å². The van der Waals surface area contributed by atoms with Gasteiger partial charge in [-0.25, -0.2) is 4.39 Å². The van der Waals surface area contributed by atoms with Crippen LogP contribution in [0.4, 0.5) is 4.39 Å². The lowest BCUT2D eigenvalue weighted by Crippen LogP contribution is -2.47. The minimum atomic E-state index is -0.860. The third kappa shape index (κ3) is 2.36. The number of carbonyl (C=O) groups is 1. The first-order chi connectivity index (χ1) is 7.39. The fourth-order valence-corrected chi connectivity index (χ4v) is 1.37. The lowest BCUT2D eigenvalue weighted by molar-refractivity contribution is -0.143. The van der Waals surface area contributed by atoms with Crippen LogP contribution in [0.5, 0.6) is 0 Å². The molecule has 1 rings (SSSR count). The quantitative estimate of drug-likeness (QED) is 0.781. The Labute approximate surface area is 93.6 Å². The van der Waals surface area contributed by atoms with Gasteiger partial charge >= 0.3 is 5.97 Å². The Hall–Kier alpha value is -1.49. The first-order valence-electron chi connectivity index (χ1n) is 4.84. The molecule has 1 heterocycles. The van der Waals surface area contributed by atoms with Crippen molar-refractivity contribution < 1.29 is 13.9 Å². The number of nitrogens with zero attached hydrogens (tertiary/aromatic N) is 1. The van der Waals surface area contributed by atoms with E-state index < -0.39 is 23.2 Å². The van der Waals surface area contributed by atoms with Crippen LogP contribution in [0.3, 0.4) is 0 Å². The molecule has 0 aliphatic rings. The molecule has 0 fully saturated rings. The van der Waals surface area contributed by atoms with Gasteiger partial charge in [0.15, 0.2) is 0 Å². The molecular weight excluding hydrogens is 211 g/mol. The van der Waals surface area contributed by atoms with Gasteiger partial charge in [0.2, 0.25) is 0 Å². The maximum Gasteiger partial charge on any atom is 0.323 e. The Bertz CT molecular complexity index is 393. The van der Waals surface area contributed by atoms with Crippen LogP contribution in [-0.4, -0.2) is 24.1 Å². The molecule has 0 aliphatic carbocycles. The van der Waals surface area contributed by atoms with Crippen molar-refractivity contribution in [2.45, 2.75) is 25.3 Å². The van der Waals surface area contributed by atoms with Crippen LogP contribution >= 0.6 is 0 Å². The van der Waals surface area contributed by atoms with Crippen LogP contribution < -0.4 is 5.73 Å². The number of methoxy groups -OCH3 is 1. The van der Waals surface area contributed by atoms with Crippen molar-refractivity contribution in [3.05, 3.63) is 29.8 Å². The van der Waals surface area contributed by atoms with E-state index in [1.54, 1.807) is 13.8 Å². The lowest BCUT2D eigenvalue weighted by atomic mass is 9.79. The summed E-state index contributed by atoms with van der Waals surface area (Å²) in [5.41, 5.74) is 5.59. The van der Waals surface area contributed by atoms with Crippen LogP contribution in [-0.2, 0) is 14.9 Å². The molecule has 1 unspecified atom stereocenters. The van der Waals surface area contributed by atoms with Gasteiger partial charge in [-0.15, -0.1) is 0 Å². The molecule has 1 atom stereocenters. The minimum absolute atomic E-state index is 0.456. The molecule has 0 aliphatic heterocycles. The number of hydrogen-bond acceptors (Lipinski definition) is 4. The van der Waals surface area contributed by atoms with Crippen molar-refractivity contribution >= 4 is 5.97 Å². The molecule has 1 aromatic heterocycles. The smallest absolute Gasteiger partial charge is 0.323 e. The SMILES string of the molecule is COC(=O)C(N)C(C)(C)c1cncc(F)c1. The highest BCUT2D eigenvalue weighted by Gasteiger charge is 2.35. The third-order valence-electron chi connectivity index (χ3n) is 2.68. The summed E-state index contributed by atoms with van der Waals surface area (Å²) >= 11 is 0. The molecule has 16 heavy (non-hydrogen) atoms. The fraction of sp³-hybridized carbons (Fsp3) is 0.455. The molecule has 0 bridgehead atoms. The summed E-state index contributed by atoms with van der Waals surface area (Å²) in [5, 5.41) is 0. The van der Waals surface area contributed by atoms with E-state index in [0.29, 0.717) is 5.56 Å². The molecule has 4 nitrogen and oxygen atoms in total. The second-order valence-electron chi connectivity index (χ2n) is 4.11. The zero-order valence-electron chi connectivity index (χ0n) is 9.53. The first-order valence-corrected chi connectivity index (χ1v) is 4.84. The summed E-state index contributed by atoms with van der Waals surface area (Å²) < 4.78 is 17.6. The number of hydrogen-bond donors (Lipinski definition) is 1. The van der Waals surface area contributed by atoms with E-state index in [2.05, 4.69) is 9.72 Å².